The maximum Gasteiger partial charge on any atom is 0.413 e. The van der Waals surface area contributed by atoms with Crippen LogP contribution >= 0.6 is 11.3 Å². The lowest BCUT2D eigenvalue weighted by molar-refractivity contribution is -0.115. The van der Waals surface area contributed by atoms with Crippen molar-refractivity contribution in [2.45, 2.75) is 32.1 Å². The molecule has 23 heavy (non-hydrogen) atoms. The van der Waals surface area contributed by atoms with E-state index >= 15 is 0 Å². The van der Waals surface area contributed by atoms with Crippen molar-refractivity contribution in [3.63, 3.8) is 0 Å². The highest BCUT2D eigenvalue weighted by atomic mass is 32.1. The van der Waals surface area contributed by atoms with E-state index in [9.17, 15) is 9.59 Å². The van der Waals surface area contributed by atoms with E-state index in [2.05, 4.69) is 25.5 Å². The van der Waals surface area contributed by atoms with Crippen LogP contribution in [0.2, 0.25) is 0 Å². The molecular formula is C14H16N4O4S. The molecule has 0 aliphatic heterocycles. The molecule has 0 spiro atoms. The summed E-state index contributed by atoms with van der Waals surface area (Å²) in [7, 11) is 1.27. The summed E-state index contributed by atoms with van der Waals surface area (Å²) in [6, 6.07) is 0. The maximum absolute atomic E-state index is 12.1. The Morgan fingerprint density at radius 1 is 1.35 bits per heavy atom. The van der Waals surface area contributed by atoms with E-state index in [-0.39, 0.29) is 12.3 Å². The fraction of sp³-hybridized carbons (Fsp3) is 0.429. The molecule has 0 radical (unpaired) electrons. The second-order valence-corrected chi connectivity index (χ2v) is 5.99. The SMILES string of the molecule is COC(=O)Nc1nc(CC(=O)Nc2onc3c2CCCC3)cs1. The molecule has 3 rings (SSSR count). The zero-order valence-corrected chi connectivity index (χ0v) is 13.4. The van der Waals surface area contributed by atoms with Gasteiger partial charge in [0, 0.05) is 10.9 Å². The number of thiazole rings is 1. The third kappa shape index (κ3) is 3.67. The van der Waals surface area contributed by atoms with Gasteiger partial charge in [-0.15, -0.1) is 11.3 Å². The fourth-order valence-corrected chi connectivity index (χ4v) is 3.10. The van der Waals surface area contributed by atoms with Crippen LogP contribution < -0.4 is 10.6 Å². The molecule has 1 aliphatic rings. The molecule has 2 aromatic heterocycles. The largest absolute Gasteiger partial charge is 0.453 e. The second kappa shape index (κ2) is 6.78. The van der Waals surface area contributed by atoms with Crippen molar-refractivity contribution >= 4 is 34.4 Å². The third-order valence-electron chi connectivity index (χ3n) is 3.50. The number of anilines is 2. The van der Waals surface area contributed by atoms with E-state index in [0.29, 0.717) is 16.7 Å². The van der Waals surface area contributed by atoms with E-state index in [1.165, 1.54) is 18.4 Å². The minimum absolute atomic E-state index is 0.0921. The number of hydrogen-bond acceptors (Lipinski definition) is 7. The number of hydrogen-bond donors (Lipinski definition) is 2. The molecule has 2 heterocycles. The highest BCUT2D eigenvalue weighted by molar-refractivity contribution is 7.13. The molecule has 122 valence electrons. The van der Waals surface area contributed by atoms with Gasteiger partial charge in [-0.05, 0) is 25.7 Å². The lowest BCUT2D eigenvalue weighted by Crippen LogP contribution is -2.16. The normalized spacial score (nSPS) is 13.3. The van der Waals surface area contributed by atoms with Crippen LogP contribution in [0, 0.1) is 0 Å². The number of aryl methyl sites for hydroxylation is 1. The van der Waals surface area contributed by atoms with E-state index in [1.54, 1.807) is 5.38 Å². The number of carbonyl (C=O) groups is 2. The van der Waals surface area contributed by atoms with Gasteiger partial charge in [0.25, 0.3) is 0 Å². The number of ether oxygens (including phenoxy) is 1. The quantitative estimate of drug-likeness (QED) is 0.888. The summed E-state index contributed by atoms with van der Waals surface area (Å²) < 4.78 is 9.71. The Morgan fingerprint density at radius 2 is 2.17 bits per heavy atom. The van der Waals surface area contributed by atoms with Gasteiger partial charge in [0.05, 0.1) is 24.9 Å². The van der Waals surface area contributed by atoms with Gasteiger partial charge in [-0.1, -0.05) is 5.16 Å². The Kier molecular flexibility index (Phi) is 4.56. The predicted octanol–water partition coefficient (Wildman–Crippen LogP) is 2.37. The summed E-state index contributed by atoms with van der Waals surface area (Å²) in [6.45, 7) is 0. The summed E-state index contributed by atoms with van der Waals surface area (Å²) in [6.07, 6.45) is 3.44. The summed E-state index contributed by atoms with van der Waals surface area (Å²) in [5.74, 6) is 0.206. The minimum atomic E-state index is -0.594. The molecule has 1 aliphatic carbocycles. The van der Waals surface area contributed by atoms with Gasteiger partial charge in [-0.25, -0.2) is 9.78 Å². The van der Waals surface area contributed by atoms with E-state index in [1.807, 2.05) is 0 Å². The van der Waals surface area contributed by atoms with Gasteiger partial charge in [0.2, 0.25) is 11.8 Å². The van der Waals surface area contributed by atoms with Gasteiger partial charge in [0.15, 0.2) is 5.13 Å². The zero-order chi connectivity index (χ0) is 16.2. The molecule has 2 amide bonds. The van der Waals surface area contributed by atoms with Gasteiger partial charge < -0.3 is 9.26 Å². The number of aromatic nitrogens is 2. The highest BCUT2D eigenvalue weighted by Crippen LogP contribution is 2.27. The molecule has 0 bridgehead atoms. The monoisotopic (exact) mass is 336 g/mol. The van der Waals surface area contributed by atoms with E-state index in [0.717, 1.165) is 36.9 Å². The summed E-state index contributed by atoms with van der Waals surface area (Å²) in [5, 5.41) is 11.3. The summed E-state index contributed by atoms with van der Waals surface area (Å²) in [4.78, 5) is 27.4. The first-order chi connectivity index (χ1) is 11.2. The molecule has 8 nitrogen and oxygen atoms in total. The van der Waals surface area contributed by atoms with Gasteiger partial charge >= 0.3 is 6.09 Å². The molecule has 9 heteroatoms. The second-order valence-electron chi connectivity index (χ2n) is 5.13. The van der Waals surface area contributed by atoms with Crippen molar-refractivity contribution in [3.05, 3.63) is 22.3 Å². The van der Waals surface area contributed by atoms with Crippen LogP contribution in [0.4, 0.5) is 15.8 Å². The van der Waals surface area contributed by atoms with Gasteiger partial charge in [-0.2, -0.15) is 0 Å². The van der Waals surface area contributed by atoms with Crippen LogP contribution in [0.1, 0.15) is 29.8 Å². The Bertz CT molecular complexity index is 724. The average Bonchev–Trinajstić information content (AvgIpc) is 3.15. The van der Waals surface area contributed by atoms with E-state index in [4.69, 9.17) is 4.52 Å². The Balaban J connectivity index is 1.59. The first kappa shape index (κ1) is 15.5. The Labute approximate surface area is 136 Å². The molecule has 0 unspecified atom stereocenters. The van der Waals surface area contributed by atoms with Crippen LogP contribution in [0.3, 0.4) is 0 Å². The van der Waals surface area contributed by atoms with Gasteiger partial charge in [0.1, 0.15) is 0 Å². The first-order valence-electron chi connectivity index (χ1n) is 7.22. The Hall–Kier alpha value is -2.42. The topological polar surface area (TPSA) is 106 Å². The van der Waals surface area contributed by atoms with Crippen LogP contribution in [0.25, 0.3) is 0 Å². The standard InChI is InChI=1S/C14H16N4O4S/c1-21-14(20)17-13-15-8(7-23-13)6-11(19)16-12-9-4-2-3-5-10(9)18-22-12/h7H,2-6H2,1H3,(H,16,19)(H,15,17,20). The summed E-state index contributed by atoms with van der Waals surface area (Å²) >= 11 is 1.23. The van der Waals surface area contributed by atoms with Crippen LogP contribution in [-0.2, 0) is 28.8 Å². The zero-order valence-electron chi connectivity index (χ0n) is 12.5. The number of rotatable bonds is 4. The highest BCUT2D eigenvalue weighted by Gasteiger charge is 2.21. The molecule has 0 fully saturated rings. The van der Waals surface area contributed by atoms with Crippen molar-refractivity contribution in [1.82, 2.24) is 10.1 Å². The van der Waals surface area contributed by atoms with Crippen LogP contribution in [0.15, 0.2) is 9.90 Å². The number of nitrogens with zero attached hydrogens (tertiary/aromatic N) is 2. The number of nitrogens with one attached hydrogen (secondary N) is 2. The predicted molar refractivity (Wildman–Crippen MR) is 83.6 cm³/mol. The fourth-order valence-electron chi connectivity index (χ4n) is 2.41. The summed E-state index contributed by atoms with van der Waals surface area (Å²) in [5.41, 5.74) is 2.49. The van der Waals surface area contributed by atoms with Crippen molar-refractivity contribution in [2.75, 3.05) is 17.7 Å². The third-order valence-corrected chi connectivity index (χ3v) is 4.31. The molecule has 0 saturated heterocycles. The van der Waals surface area contributed by atoms with Crippen molar-refractivity contribution in [1.29, 1.82) is 0 Å². The van der Waals surface area contributed by atoms with Crippen molar-refractivity contribution < 1.29 is 18.8 Å². The lowest BCUT2D eigenvalue weighted by Gasteiger charge is -2.09. The molecule has 0 atom stereocenters. The molecule has 2 N–H and O–H groups in total. The number of amides is 2. The van der Waals surface area contributed by atoms with Crippen molar-refractivity contribution in [3.8, 4) is 0 Å². The molecule has 2 aromatic rings. The lowest BCUT2D eigenvalue weighted by atomic mass is 9.98. The van der Waals surface area contributed by atoms with Crippen molar-refractivity contribution in [2.24, 2.45) is 0 Å². The average molecular weight is 336 g/mol. The van der Waals surface area contributed by atoms with E-state index < -0.39 is 6.09 Å². The maximum atomic E-state index is 12.1. The molecular weight excluding hydrogens is 320 g/mol. The molecule has 0 aromatic carbocycles. The number of fused-ring (bicyclic) bond motifs is 1. The van der Waals surface area contributed by atoms with Crippen LogP contribution in [0.5, 0.6) is 0 Å². The molecule has 0 saturated carbocycles. The Morgan fingerprint density at radius 3 is 3.00 bits per heavy atom. The smallest absolute Gasteiger partial charge is 0.413 e. The minimum Gasteiger partial charge on any atom is -0.453 e. The van der Waals surface area contributed by atoms with Gasteiger partial charge in [-0.3, -0.25) is 15.4 Å². The number of carbonyl (C=O) groups excluding carboxylic acids is 2. The number of methoxy groups -OCH3 is 1. The first-order valence-corrected chi connectivity index (χ1v) is 8.10. The van der Waals surface area contributed by atoms with Crippen LogP contribution in [-0.4, -0.2) is 29.3 Å².